The van der Waals surface area contributed by atoms with Crippen LogP contribution < -0.4 is 5.32 Å². The Morgan fingerprint density at radius 3 is 2.21 bits per heavy atom. The summed E-state index contributed by atoms with van der Waals surface area (Å²) in [5.41, 5.74) is 1.68. The molecule has 0 aliphatic heterocycles. The third-order valence-electron chi connectivity index (χ3n) is 4.64. The van der Waals surface area contributed by atoms with Crippen LogP contribution in [0, 0.1) is 0 Å². The molecule has 5 nitrogen and oxygen atoms in total. The molecule has 0 aliphatic rings. The number of carbonyl (C=O) groups excluding carboxylic acids is 2. The molecule has 6 heteroatoms. The van der Waals surface area contributed by atoms with Crippen LogP contribution in [-0.4, -0.2) is 54.6 Å². The number of anilines is 1. The number of thioether (sulfide) groups is 1. The second-order valence-corrected chi connectivity index (χ2v) is 7.34. The number of benzene rings is 2. The second-order valence-electron chi connectivity index (χ2n) is 6.49. The van der Waals surface area contributed by atoms with Gasteiger partial charge in [0, 0.05) is 18.0 Å². The highest BCUT2D eigenvalue weighted by Crippen LogP contribution is 2.25. The number of likely N-dealkylation sites (N-methyl/N-ethyl adjacent to an activating group) is 2. The molecule has 2 rings (SSSR count). The van der Waals surface area contributed by atoms with Gasteiger partial charge in [-0.25, -0.2) is 0 Å². The van der Waals surface area contributed by atoms with Gasteiger partial charge in [-0.2, -0.15) is 0 Å². The molecular weight excluding hydrogens is 370 g/mol. The van der Waals surface area contributed by atoms with E-state index in [0.29, 0.717) is 13.1 Å². The van der Waals surface area contributed by atoms with Crippen molar-refractivity contribution in [3.63, 3.8) is 0 Å². The van der Waals surface area contributed by atoms with Crippen molar-refractivity contribution in [1.82, 2.24) is 9.80 Å². The summed E-state index contributed by atoms with van der Waals surface area (Å²) in [6.07, 6.45) is 1.98. The van der Waals surface area contributed by atoms with Gasteiger partial charge in [0.05, 0.1) is 12.2 Å². The Morgan fingerprint density at radius 1 is 1.00 bits per heavy atom. The molecule has 28 heavy (non-hydrogen) atoms. The topological polar surface area (TPSA) is 52.7 Å². The molecule has 0 saturated carbocycles. The molecule has 2 aromatic rings. The lowest BCUT2D eigenvalue weighted by atomic mass is 10.0. The van der Waals surface area contributed by atoms with Crippen LogP contribution in [0.1, 0.15) is 25.5 Å². The van der Waals surface area contributed by atoms with E-state index >= 15 is 0 Å². The van der Waals surface area contributed by atoms with Crippen molar-refractivity contribution in [2.24, 2.45) is 0 Å². The highest BCUT2D eigenvalue weighted by Gasteiger charge is 2.29. The lowest BCUT2D eigenvalue weighted by Crippen LogP contribution is -2.44. The minimum absolute atomic E-state index is 0.0102. The van der Waals surface area contributed by atoms with E-state index in [4.69, 9.17) is 0 Å². The molecule has 1 atom stereocenters. The minimum Gasteiger partial charge on any atom is -0.342 e. The lowest BCUT2D eigenvalue weighted by molar-refractivity contribution is -0.137. The average Bonchev–Trinajstić information content (AvgIpc) is 2.70. The number of carbonyl (C=O) groups is 2. The highest BCUT2D eigenvalue weighted by atomic mass is 32.2. The fourth-order valence-corrected chi connectivity index (χ4v) is 3.74. The van der Waals surface area contributed by atoms with Gasteiger partial charge < -0.3 is 10.2 Å². The molecule has 0 aromatic heterocycles. The van der Waals surface area contributed by atoms with Crippen molar-refractivity contribution >= 4 is 29.3 Å². The zero-order valence-electron chi connectivity index (χ0n) is 17.0. The first-order chi connectivity index (χ1) is 13.5. The zero-order chi connectivity index (χ0) is 20.5. The molecular formula is C22H29N3O2S. The summed E-state index contributed by atoms with van der Waals surface area (Å²) >= 11 is 1.59. The molecule has 0 bridgehead atoms. The number of hydrogen-bond acceptors (Lipinski definition) is 4. The molecule has 0 spiro atoms. The normalized spacial score (nSPS) is 11.9. The number of nitrogens with zero attached hydrogens (tertiary/aromatic N) is 2. The van der Waals surface area contributed by atoms with E-state index in [1.807, 2.05) is 86.6 Å². The molecule has 150 valence electrons. The maximum absolute atomic E-state index is 13.1. The summed E-state index contributed by atoms with van der Waals surface area (Å²) in [5.74, 6) is -0.131. The van der Waals surface area contributed by atoms with E-state index in [1.54, 1.807) is 16.7 Å². The van der Waals surface area contributed by atoms with E-state index in [1.165, 1.54) is 0 Å². The summed E-state index contributed by atoms with van der Waals surface area (Å²) in [7, 11) is 1.82. The van der Waals surface area contributed by atoms with Gasteiger partial charge in [-0.1, -0.05) is 42.5 Å². The minimum atomic E-state index is -0.498. The Kier molecular flexibility index (Phi) is 8.54. The van der Waals surface area contributed by atoms with Crippen molar-refractivity contribution in [2.45, 2.75) is 24.8 Å². The number of nitrogens with one attached hydrogen (secondary N) is 1. The lowest BCUT2D eigenvalue weighted by Gasteiger charge is -2.31. The van der Waals surface area contributed by atoms with Gasteiger partial charge in [0.2, 0.25) is 11.8 Å². The van der Waals surface area contributed by atoms with Crippen molar-refractivity contribution < 1.29 is 9.59 Å². The van der Waals surface area contributed by atoms with Crippen LogP contribution >= 0.6 is 11.8 Å². The van der Waals surface area contributed by atoms with E-state index in [0.717, 1.165) is 16.1 Å². The Hall–Kier alpha value is -2.31. The molecule has 1 N–H and O–H groups in total. The van der Waals surface area contributed by atoms with Crippen LogP contribution in [0.5, 0.6) is 0 Å². The standard InChI is InChI=1S/C22H29N3O2S/c1-5-25(6-2)22(27)21(17-12-8-7-9-13-17)24(3)16-20(26)23-18-14-10-11-15-19(18)28-4/h7-15,21H,5-6,16H2,1-4H3,(H,23,26). The summed E-state index contributed by atoms with van der Waals surface area (Å²) in [6.45, 7) is 5.33. The van der Waals surface area contributed by atoms with Gasteiger partial charge in [0.15, 0.2) is 0 Å². The first kappa shape index (κ1) is 22.0. The van der Waals surface area contributed by atoms with Gasteiger partial charge in [-0.3, -0.25) is 14.5 Å². The number of amides is 2. The van der Waals surface area contributed by atoms with E-state index < -0.39 is 6.04 Å². The van der Waals surface area contributed by atoms with Crippen molar-refractivity contribution in [1.29, 1.82) is 0 Å². The maximum Gasteiger partial charge on any atom is 0.244 e. The smallest absolute Gasteiger partial charge is 0.244 e. The zero-order valence-corrected chi connectivity index (χ0v) is 17.8. The second kappa shape index (κ2) is 10.9. The van der Waals surface area contributed by atoms with Crippen LogP contribution in [-0.2, 0) is 9.59 Å². The monoisotopic (exact) mass is 399 g/mol. The first-order valence-electron chi connectivity index (χ1n) is 9.48. The quantitative estimate of drug-likeness (QED) is 0.650. The predicted octanol–water partition coefficient (Wildman–Crippen LogP) is 3.89. The van der Waals surface area contributed by atoms with Crippen LogP contribution in [0.25, 0.3) is 0 Å². The fraction of sp³-hybridized carbons (Fsp3) is 0.364. The van der Waals surface area contributed by atoms with Crippen LogP contribution in [0.15, 0.2) is 59.5 Å². The largest absolute Gasteiger partial charge is 0.342 e. The first-order valence-corrected chi connectivity index (χ1v) is 10.7. The van der Waals surface area contributed by atoms with Gasteiger partial charge in [0.1, 0.15) is 6.04 Å². The van der Waals surface area contributed by atoms with Gasteiger partial charge in [-0.05, 0) is 44.8 Å². The van der Waals surface area contributed by atoms with E-state index in [2.05, 4.69) is 5.32 Å². The molecule has 0 aliphatic carbocycles. The van der Waals surface area contributed by atoms with Crippen LogP contribution in [0.3, 0.4) is 0 Å². The predicted molar refractivity (Wildman–Crippen MR) is 117 cm³/mol. The Bertz CT molecular complexity index is 778. The Balaban J connectivity index is 2.19. The summed E-state index contributed by atoms with van der Waals surface area (Å²) in [5, 5.41) is 2.97. The average molecular weight is 400 g/mol. The molecule has 0 heterocycles. The Morgan fingerprint density at radius 2 is 1.61 bits per heavy atom. The van der Waals surface area contributed by atoms with Gasteiger partial charge in [0.25, 0.3) is 0 Å². The summed E-state index contributed by atoms with van der Waals surface area (Å²) < 4.78 is 0. The van der Waals surface area contributed by atoms with E-state index in [-0.39, 0.29) is 18.4 Å². The van der Waals surface area contributed by atoms with Crippen LogP contribution in [0.2, 0.25) is 0 Å². The molecule has 0 radical (unpaired) electrons. The van der Waals surface area contributed by atoms with Gasteiger partial charge >= 0.3 is 0 Å². The SMILES string of the molecule is CCN(CC)C(=O)C(c1ccccc1)N(C)CC(=O)Nc1ccccc1SC. The van der Waals surface area contributed by atoms with Crippen molar-refractivity contribution in [3.8, 4) is 0 Å². The maximum atomic E-state index is 13.1. The number of para-hydroxylation sites is 1. The third kappa shape index (κ3) is 5.59. The third-order valence-corrected chi connectivity index (χ3v) is 5.44. The summed E-state index contributed by atoms with van der Waals surface area (Å²) in [4.78, 5) is 30.4. The number of hydrogen-bond donors (Lipinski definition) is 1. The van der Waals surface area contributed by atoms with Crippen LogP contribution in [0.4, 0.5) is 5.69 Å². The Labute approximate surface area is 172 Å². The molecule has 0 fully saturated rings. The molecule has 1 unspecified atom stereocenters. The van der Waals surface area contributed by atoms with Gasteiger partial charge in [-0.15, -0.1) is 11.8 Å². The van der Waals surface area contributed by atoms with E-state index in [9.17, 15) is 9.59 Å². The fourth-order valence-electron chi connectivity index (χ4n) is 3.18. The van der Waals surface area contributed by atoms with Crippen molar-refractivity contribution in [2.75, 3.05) is 38.3 Å². The van der Waals surface area contributed by atoms with Crippen molar-refractivity contribution in [3.05, 3.63) is 60.2 Å². The molecule has 2 amide bonds. The molecule has 0 saturated heterocycles. The highest BCUT2D eigenvalue weighted by molar-refractivity contribution is 7.98. The number of rotatable bonds is 9. The summed E-state index contributed by atoms with van der Waals surface area (Å²) in [6, 6.07) is 16.8. The molecule has 2 aromatic carbocycles.